The second-order valence-corrected chi connectivity index (χ2v) is 14.6. The van der Waals surface area contributed by atoms with Crippen LogP contribution in [-0.4, -0.2) is 38.7 Å². The molecule has 5 aromatic rings. The van der Waals surface area contributed by atoms with Crippen LogP contribution in [0.3, 0.4) is 0 Å². The molecule has 0 spiro atoms. The van der Waals surface area contributed by atoms with E-state index in [9.17, 15) is 29.6 Å². The highest BCUT2D eigenvalue weighted by Crippen LogP contribution is 2.65. The van der Waals surface area contributed by atoms with E-state index < -0.39 is 63.6 Å². The number of aromatic hydroxyl groups is 1. The Balaban J connectivity index is 1.25. The van der Waals surface area contributed by atoms with Crippen LogP contribution in [0.25, 0.3) is 10.8 Å². The molecule has 2 saturated heterocycles. The number of imide groups is 2. The number of hydrogen-bond acceptors (Lipinski definition) is 8. The van der Waals surface area contributed by atoms with Gasteiger partial charge in [0.1, 0.15) is 5.75 Å². The Labute approximate surface area is 309 Å². The lowest BCUT2D eigenvalue weighted by atomic mass is 9.49. The van der Waals surface area contributed by atoms with Gasteiger partial charge in [0, 0.05) is 29.0 Å². The fourth-order valence-electron chi connectivity index (χ4n) is 9.60. The first-order valence-corrected chi connectivity index (χ1v) is 17.9. The van der Waals surface area contributed by atoms with Gasteiger partial charge in [0.2, 0.25) is 11.8 Å². The SMILES string of the molecule is Cc1ccc(NN2C(=O)[C@@H]3C[C@@H]4C(=CC[C@@H]5C(=O)N(c6cccc([N+](=O)[O-])c6)C(=O)[C@@H]54)[C@H](c4ccc5ccccc5c4O)[C@]3(c3ccccc3)C2=O)cc1. The summed E-state index contributed by atoms with van der Waals surface area (Å²) < 4.78 is 0. The van der Waals surface area contributed by atoms with Crippen LogP contribution in [0, 0.1) is 40.7 Å². The molecule has 2 aliphatic heterocycles. The molecule has 268 valence electrons. The van der Waals surface area contributed by atoms with Crippen molar-refractivity contribution < 1.29 is 29.2 Å². The molecule has 2 aliphatic carbocycles. The van der Waals surface area contributed by atoms with Crippen LogP contribution in [0.1, 0.15) is 35.4 Å². The number of nitrogens with one attached hydrogen (secondary N) is 1. The molecule has 5 aromatic carbocycles. The van der Waals surface area contributed by atoms with Crippen LogP contribution in [-0.2, 0) is 24.6 Å². The van der Waals surface area contributed by atoms with Gasteiger partial charge in [-0.25, -0.2) is 4.90 Å². The number of fused-ring (bicyclic) bond motifs is 5. The van der Waals surface area contributed by atoms with Crippen molar-refractivity contribution in [3.8, 4) is 5.75 Å². The predicted octanol–water partition coefficient (Wildman–Crippen LogP) is 6.95. The van der Waals surface area contributed by atoms with E-state index in [1.54, 1.807) is 24.3 Å². The van der Waals surface area contributed by atoms with E-state index in [-0.39, 0.29) is 30.0 Å². The smallest absolute Gasteiger partial charge is 0.271 e. The molecule has 0 unspecified atom stereocenters. The third-order valence-electron chi connectivity index (χ3n) is 11.9. The summed E-state index contributed by atoms with van der Waals surface area (Å²) in [5.74, 6) is -6.26. The van der Waals surface area contributed by atoms with Gasteiger partial charge >= 0.3 is 0 Å². The van der Waals surface area contributed by atoms with Crippen molar-refractivity contribution >= 4 is 51.5 Å². The Morgan fingerprint density at radius 2 is 1.56 bits per heavy atom. The highest BCUT2D eigenvalue weighted by atomic mass is 16.6. The molecule has 0 bridgehead atoms. The number of carbonyl (C=O) groups excluding carboxylic acids is 4. The van der Waals surface area contributed by atoms with E-state index in [0.717, 1.165) is 20.9 Å². The number of nitro benzene ring substituents is 1. The van der Waals surface area contributed by atoms with E-state index in [1.165, 1.54) is 24.3 Å². The molecule has 3 fully saturated rings. The fraction of sp³-hybridized carbons (Fsp3) is 0.209. The number of amides is 4. The molecule has 6 atom stereocenters. The Hall–Kier alpha value is -6.62. The first kappa shape index (κ1) is 33.2. The minimum Gasteiger partial charge on any atom is -0.507 e. The number of hydrazine groups is 1. The summed E-state index contributed by atoms with van der Waals surface area (Å²) in [5, 5.41) is 26.2. The molecular formula is C43H34N4O7. The molecule has 0 radical (unpaired) electrons. The first-order valence-electron chi connectivity index (χ1n) is 17.9. The van der Waals surface area contributed by atoms with Crippen molar-refractivity contribution in [1.29, 1.82) is 0 Å². The number of non-ortho nitro benzene ring substituents is 1. The Bertz CT molecular complexity index is 2460. The van der Waals surface area contributed by atoms with Gasteiger partial charge in [-0.1, -0.05) is 102 Å². The normalized spacial score (nSPS) is 26.0. The number of hydrogen-bond donors (Lipinski definition) is 2. The lowest BCUT2D eigenvalue weighted by Gasteiger charge is -2.50. The molecule has 9 rings (SSSR count). The zero-order chi connectivity index (χ0) is 37.5. The van der Waals surface area contributed by atoms with Crippen LogP contribution in [0.4, 0.5) is 17.1 Å². The molecule has 2 heterocycles. The monoisotopic (exact) mass is 718 g/mol. The third kappa shape index (κ3) is 4.67. The van der Waals surface area contributed by atoms with Crippen molar-refractivity contribution in [1.82, 2.24) is 5.01 Å². The predicted molar refractivity (Wildman–Crippen MR) is 200 cm³/mol. The van der Waals surface area contributed by atoms with Gasteiger partial charge in [-0.3, -0.25) is 34.7 Å². The van der Waals surface area contributed by atoms with Gasteiger partial charge < -0.3 is 5.11 Å². The highest BCUT2D eigenvalue weighted by Gasteiger charge is 2.70. The van der Waals surface area contributed by atoms with Crippen LogP contribution in [0.5, 0.6) is 5.75 Å². The number of phenolic OH excluding ortho intramolecular Hbond substituents is 1. The van der Waals surface area contributed by atoms with Crippen LogP contribution in [0.15, 0.2) is 127 Å². The molecule has 11 nitrogen and oxygen atoms in total. The van der Waals surface area contributed by atoms with E-state index in [0.29, 0.717) is 27.8 Å². The average Bonchev–Trinajstić information content (AvgIpc) is 3.57. The first-order chi connectivity index (χ1) is 26.1. The highest BCUT2D eigenvalue weighted by molar-refractivity contribution is 6.22. The minimum atomic E-state index is -1.55. The fourth-order valence-corrected chi connectivity index (χ4v) is 9.60. The summed E-state index contributed by atoms with van der Waals surface area (Å²) in [5.41, 5.74) is 4.65. The largest absolute Gasteiger partial charge is 0.507 e. The van der Waals surface area contributed by atoms with Crippen molar-refractivity contribution in [2.45, 2.75) is 31.1 Å². The molecule has 11 heteroatoms. The third-order valence-corrected chi connectivity index (χ3v) is 11.9. The van der Waals surface area contributed by atoms with Gasteiger partial charge in [-0.2, -0.15) is 5.01 Å². The molecule has 4 aliphatic rings. The maximum absolute atomic E-state index is 15.4. The Morgan fingerprint density at radius 3 is 2.31 bits per heavy atom. The van der Waals surface area contributed by atoms with Crippen molar-refractivity contribution in [3.63, 3.8) is 0 Å². The number of phenols is 1. The summed E-state index contributed by atoms with van der Waals surface area (Å²) in [7, 11) is 0. The second kappa shape index (κ2) is 12.2. The lowest BCUT2D eigenvalue weighted by molar-refractivity contribution is -0.384. The van der Waals surface area contributed by atoms with Crippen molar-refractivity contribution in [2.24, 2.45) is 23.7 Å². The van der Waals surface area contributed by atoms with E-state index in [4.69, 9.17) is 0 Å². The zero-order valence-corrected chi connectivity index (χ0v) is 29.1. The van der Waals surface area contributed by atoms with E-state index >= 15 is 4.79 Å². The molecule has 0 aromatic heterocycles. The Kier molecular flexibility index (Phi) is 7.53. The lowest BCUT2D eigenvalue weighted by Crippen LogP contribution is -2.53. The maximum atomic E-state index is 15.4. The zero-order valence-electron chi connectivity index (χ0n) is 29.1. The van der Waals surface area contributed by atoms with E-state index in [2.05, 4.69) is 5.43 Å². The topological polar surface area (TPSA) is 150 Å². The molecule has 1 saturated carbocycles. The molecular weight excluding hydrogens is 684 g/mol. The number of rotatable bonds is 6. The van der Waals surface area contributed by atoms with Crippen LogP contribution >= 0.6 is 0 Å². The van der Waals surface area contributed by atoms with Crippen LogP contribution < -0.4 is 10.3 Å². The van der Waals surface area contributed by atoms with E-state index in [1.807, 2.05) is 79.7 Å². The number of anilines is 2. The quantitative estimate of drug-likeness (QED) is 0.0829. The van der Waals surface area contributed by atoms with Crippen molar-refractivity contribution in [3.05, 3.63) is 154 Å². The number of benzene rings is 5. The van der Waals surface area contributed by atoms with Crippen molar-refractivity contribution in [2.75, 3.05) is 10.3 Å². The molecule has 2 N–H and O–H groups in total. The summed E-state index contributed by atoms with van der Waals surface area (Å²) >= 11 is 0. The van der Waals surface area contributed by atoms with Gasteiger partial charge in [0.25, 0.3) is 17.5 Å². The molecule has 54 heavy (non-hydrogen) atoms. The molecule has 4 amide bonds. The second-order valence-electron chi connectivity index (χ2n) is 14.6. The van der Waals surface area contributed by atoms with Gasteiger partial charge in [0.15, 0.2) is 0 Å². The summed E-state index contributed by atoms with van der Waals surface area (Å²) in [6, 6.07) is 33.0. The number of allylic oxidation sites excluding steroid dienone is 2. The standard InChI is InChI=1S/C43H34N4O7/c1-24-14-17-27(18-15-24)44-46-40(50)35-23-34-31(20-21-32-36(34)41(51)45(39(32)49)28-11-7-12-29(22-28)47(53)54)37(43(35,42(46)52)26-9-3-2-4-10-26)33-19-16-25-8-5-6-13-30(25)38(33)48/h2-20,22,32,34-37,44,48H,21,23H2,1H3/t32-,34+,35-,36-,37+,43+/m0/s1. The number of nitro groups is 1. The summed E-state index contributed by atoms with van der Waals surface area (Å²) in [6.07, 6.45) is 2.16. The maximum Gasteiger partial charge on any atom is 0.271 e. The Morgan fingerprint density at radius 1 is 0.815 bits per heavy atom. The van der Waals surface area contributed by atoms with Gasteiger partial charge in [-0.15, -0.1) is 0 Å². The average molecular weight is 719 g/mol. The number of aryl methyl sites for hydroxylation is 1. The number of nitrogens with zero attached hydrogens (tertiary/aromatic N) is 3. The van der Waals surface area contributed by atoms with Gasteiger partial charge in [0.05, 0.1) is 39.5 Å². The minimum absolute atomic E-state index is 0.0342. The van der Waals surface area contributed by atoms with Gasteiger partial charge in [-0.05, 0) is 54.8 Å². The summed E-state index contributed by atoms with van der Waals surface area (Å²) in [6.45, 7) is 1.94. The van der Waals surface area contributed by atoms with Crippen LogP contribution in [0.2, 0.25) is 0 Å². The summed E-state index contributed by atoms with van der Waals surface area (Å²) in [4.78, 5) is 71.1. The number of carbonyl (C=O) groups is 4.